The third-order valence-corrected chi connectivity index (χ3v) is 5.80. The molecule has 30 heavy (non-hydrogen) atoms. The first-order valence-electron chi connectivity index (χ1n) is 10.8. The van der Waals surface area contributed by atoms with Gasteiger partial charge in [-0.25, -0.2) is 9.59 Å². The lowest BCUT2D eigenvalue weighted by Gasteiger charge is -2.33. The third kappa shape index (κ3) is 5.29. The highest BCUT2D eigenvalue weighted by atomic mass is 16.5. The molecule has 0 bridgehead atoms. The van der Waals surface area contributed by atoms with Gasteiger partial charge in [-0.3, -0.25) is 4.79 Å². The van der Waals surface area contributed by atoms with Gasteiger partial charge < -0.3 is 14.2 Å². The van der Waals surface area contributed by atoms with E-state index in [1.807, 2.05) is 6.92 Å². The maximum atomic E-state index is 13.0. The van der Waals surface area contributed by atoms with E-state index in [4.69, 9.17) is 14.2 Å². The van der Waals surface area contributed by atoms with E-state index in [2.05, 4.69) is 0 Å². The first kappa shape index (κ1) is 22.1. The summed E-state index contributed by atoms with van der Waals surface area (Å²) in [5.41, 5.74) is 0.499. The van der Waals surface area contributed by atoms with E-state index >= 15 is 0 Å². The lowest BCUT2D eigenvalue weighted by Crippen LogP contribution is -2.39. The molecule has 0 aromatic heterocycles. The average molecular weight is 414 g/mol. The summed E-state index contributed by atoms with van der Waals surface area (Å²) in [4.78, 5) is 36.9. The van der Waals surface area contributed by atoms with Crippen LogP contribution in [0.2, 0.25) is 0 Å². The molecule has 4 atom stereocenters. The summed E-state index contributed by atoms with van der Waals surface area (Å²) in [6, 6.07) is 0. The number of allylic oxidation sites excluding steroid dienone is 5. The van der Waals surface area contributed by atoms with Gasteiger partial charge >= 0.3 is 11.9 Å². The normalized spacial score (nSPS) is 29.9. The van der Waals surface area contributed by atoms with E-state index < -0.39 is 5.97 Å². The molecular weight excluding hydrogens is 384 g/mol. The van der Waals surface area contributed by atoms with Crippen molar-refractivity contribution in [3.8, 4) is 0 Å². The molecule has 0 aromatic carbocycles. The van der Waals surface area contributed by atoms with E-state index in [1.54, 1.807) is 37.3 Å². The van der Waals surface area contributed by atoms with Crippen LogP contribution >= 0.6 is 0 Å². The zero-order chi connectivity index (χ0) is 21.5. The summed E-state index contributed by atoms with van der Waals surface area (Å²) < 4.78 is 16.6. The molecule has 162 valence electrons. The van der Waals surface area contributed by atoms with Crippen LogP contribution in [0.4, 0.5) is 0 Å². The van der Waals surface area contributed by atoms with Gasteiger partial charge in [0.25, 0.3) is 0 Å². The van der Waals surface area contributed by atoms with Gasteiger partial charge in [0.2, 0.25) is 0 Å². The van der Waals surface area contributed by atoms with Gasteiger partial charge in [0.05, 0.1) is 18.3 Å². The number of hydrogen-bond donors (Lipinski definition) is 0. The lowest BCUT2D eigenvalue weighted by atomic mass is 9.71. The number of carbonyl (C=O) groups excluding carboxylic acids is 3. The van der Waals surface area contributed by atoms with Crippen molar-refractivity contribution >= 4 is 17.7 Å². The summed E-state index contributed by atoms with van der Waals surface area (Å²) in [5.74, 6) is -0.449. The Labute approximate surface area is 177 Å². The molecule has 1 unspecified atom stereocenters. The Morgan fingerprint density at radius 3 is 2.63 bits per heavy atom. The van der Waals surface area contributed by atoms with Crippen molar-refractivity contribution in [3.05, 3.63) is 47.8 Å². The molecule has 2 heterocycles. The van der Waals surface area contributed by atoms with Gasteiger partial charge in [0.15, 0.2) is 0 Å². The number of esters is 2. The van der Waals surface area contributed by atoms with E-state index in [-0.39, 0.29) is 35.8 Å². The van der Waals surface area contributed by atoms with E-state index in [0.29, 0.717) is 30.8 Å². The predicted molar refractivity (Wildman–Crippen MR) is 111 cm³/mol. The SMILES string of the molecule is CCOC(=O)/C=C/C=C/C=C/C1=C2C(=O)O[C@@H](C)CCCCC3C(=O)CC[C@H](O1)[C@H]23. The van der Waals surface area contributed by atoms with Gasteiger partial charge in [0.1, 0.15) is 17.6 Å². The number of Topliss-reactive ketones (excluding diaryl/α,β-unsaturated/α-hetero) is 1. The van der Waals surface area contributed by atoms with Crippen molar-refractivity contribution in [1.29, 1.82) is 0 Å². The molecule has 1 aliphatic carbocycles. The first-order valence-corrected chi connectivity index (χ1v) is 10.8. The Morgan fingerprint density at radius 2 is 1.83 bits per heavy atom. The van der Waals surface area contributed by atoms with Crippen LogP contribution in [-0.2, 0) is 28.6 Å². The third-order valence-electron chi connectivity index (χ3n) is 5.80. The van der Waals surface area contributed by atoms with Gasteiger partial charge in [-0.15, -0.1) is 0 Å². The topological polar surface area (TPSA) is 78.9 Å². The minimum Gasteiger partial charge on any atom is -0.489 e. The quantitative estimate of drug-likeness (QED) is 0.385. The van der Waals surface area contributed by atoms with E-state index in [0.717, 1.165) is 25.7 Å². The highest BCUT2D eigenvalue weighted by molar-refractivity contribution is 5.94. The summed E-state index contributed by atoms with van der Waals surface area (Å²) >= 11 is 0. The largest absolute Gasteiger partial charge is 0.489 e. The van der Waals surface area contributed by atoms with E-state index in [9.17, 15) is 14.4 Å². The van der Waals surface area contributed by atoms with Crippen LogP contribution < -0.4 is 0 Å². The maximum absolute atomic E-state index is 13.0. The second-order valence-corrected chi connectivity index (χ2v) is 7.93. The Kier molecular flexibility index (Phi) is 7.66. The second-order valence-electron chi connectivity index (χ2n) is 7.93. The second kappa shape index (κ2) is 10.4. The summed E-state index contributed by atoms with van der Waals surface area (Å²) in [7, 11) is 0. The standard InChI is InChI=1S/C24H30O6/c1-3-28-21(26)13-7-5-4-6-12-19-23-22-17(18(25)14-15-20(22)30-19)11-9-8-10-16(2)29-24(23)27/h4-7,12-13,16-17,20,22H,3,8-11,14-15H2,1-2H3/b5-4+,12-6+,13-7+/t16-,17?,20-,22+/m0/s1. The summed E-state index contributed by atoms with van der Waals surface area (Å²) in [6.45, 7) is 3.99. The van der Waals surface area contributed by atoms with Crippen molar-refractivity contribution in [1.82, 2.24) is 0 Å². The van der Waals surface area contributed by atoms with Crippen LogP contribution in [0.3, 0.4) is 0 Å². The number of rotatable bonds is 5. The first-order chi connectivity index (χ1) is 14.5. The van der Waals surface area contributed by atoms with Gasteiger partial charge in [-0.05, 0) is 45.6 Å². The molecular formula is C24H30O6. The molecule has 0 spiro atoms. The number of ether oxygens (including phenoxy) is 3. The Balaban J connectivity index is 1.81. The average Bonchev–Trinajstić information content (AvgIpc) is 3.07. The molecule has 6 nitrogen and oxygen atoms in total. The number of cyclic esters (lactones) is 1. The van der Waals surface area contributed by atoms with Gasteiger partial charge in [0, 0.05) is 24.3 Å². The predicted octanol–water partition coefficient (Wildman–Crippen LogP) is 3.97. The van der Waals surface area contributed by atoms with Crippen LogP contribution in [0.1, 0.15) is 52.4 Å². The fourth-order valence-electron chi connectivity index (χ4n) is 4.42. The molecule has 1 saturated heterocycles. The number of hydrogen-bond acceptors (Lipinski definition) is 6. The molecule has 0 radical (unpaired) electrons. The Morgan fingerprint density at radius 1 is 1.07 bits per heavy atom. The van der Waals surface area contributed by atoms with E-state index in [1.165, 1.54) is 6.08 Å². The molecule has 1 saturated carbocycles. The summed E-state index contributed by atoms with van der Waals surface area (Å²) in [6.07, 6.45) is 14.2. The van der Waals surface area contributed by atoms with Crippen molar-refractivity contribution in [2.75, 3.05) is 6.61 Å². The van der Waals surface area contributed by atoms with Crippen LogP contribution in [0.5, 0.6) is 0 Å². The highest BCUT2D eigenvalue weighted by Gasteiger charge is 2.49. The molecule has 0 N–H and O–H groups in total. The number of ketones is 1. The monoisotopic (exact) mass is 414 g/mol. The fourth-order valence-corrected chi connectivity index (χ4v) is 4.42. The molecule has 3 rings (SSSR count). The Hall–Kier alpha value is -2.63. The van der Waals surface area contributed by atoms with Crippen molar-refractivity contribution in [2.24, 2.45) is 11.8 Å². The van der Waals surface area contributed by atoms with Crippen molar-refractivity contribution in [3.63, 3.8) is 0 Å². The minimum atomic E-state index is -0.395. The zero-order valence-electron chi connectivity index (χ0n) is 17.7. The molecule has 0 aromatic rings. The molecule has 0 amide bonds. The molecule has 2 aliphatic heterocycles. The van der Waals surface area contributed by atoms with Crippen LogP contribution in [-0.4, -0.2) is 36.5 Å². The van der Waals surface area contributed by atoms with Gasteiger partial charge in [-0.2, -0.15) is 0 Å². The van der Waals surface area contributed by atoms with Crippen molar-refractivity contribution in [2.45, 2.75) is 64.6 Å². The van der Waals surface area contributed by atoms with Crippen molar-refractivity contribution < 1.29 is 28.6 Å². The minimum absolute atomic E-state index is 0.155. The lowest BCUT2D eigenvalue weighted by molar-refractivity contribution is -0.145. The molecule has 6 heteroatoms. The maximum Gasteiger partial charge on any atom is 0.338 e. The van der Waals surface area contributed by atoms with Gasteiger partial charge in [-0.1, -0.05) is 30.7 Å². The molecule has 2 fully saturated rings. The highest BCUT2D eigenvalue weighted by Crippen LogP contribution is 2.45. The molecule has 3 aliphatic rings. The van der Waals surface area contributed by atoms with Crippen LogP contribution in [0, 0.1) is 11.8 Å². The zero-order valence-corrected chi connectivity index (χ0v) is 17.7. The smallest absolute Gasteiger partial charge is 0.338 e. The van der Waals surface area contributed by atoms with Crippen LogP contribution in [0.15, 0.2) is 47.8 Å². The summed E-state index contributed by atoms with van der Waals surface area (Å²) in [5, 5.41) is 0. The van der Waals surface area contributed by atoms with Crippen LogP contribution in [0.25, 0.3) is 0 Å². The Bertz CT molecular complexity index is 788. The number of carbonyl (C=O) groups is 3. The fraction of sp³-hybridized carbons (Fsp3) is 0.542.